The number of aromatic nitrogens is 1. The zero-order valence-electron chi connectivity index (χ0n) is 12.4. The fraction of sp³-hybridized carbons (Fsp3) is 0.250. The summed E-state index contributed by atoms with van der Waals surface area (Å²) in [5.74, 6) is -0.0978. The number of nitrogens with zero attached hydrogens (tertiary/aromatic N) is 1. The summed E-state index contributed by atoms with van der Waals surface area (Å²) in [7, 11) is 0. The van der Waals surface area contributed by atoms with Crippen molar-refractivity contribution < 1.29 is 23.0 Å². The number of halogens is 2. The molecule has 5 nitrogen and oxygen atoms in total. The SMILES string of the molecule is C[C@@H](CNC(=O)c1ccccc1OC(F)F)Oc1cccnc1. The zero-order valence-corrected chi connectivity index (χ0v) is 12.4. The fourth-order valence-electron chi connectivity index (χ4n) is 1.88. The first-order valence-corrected chi connectivity index (χ1v) is 6.95. The number of pyridine rings is 1. The van der Waals surface area contributed by atoms with E-state index in [1.165, 1.54) is 18.2 Å². The van der Waals surface area contributed by atoms with Gasteiger partial charge in [0.1, 0.15) is 17.6 Å². The topological polar surface area (TPSA) is 60.5 Å². The highest BCUT2D eigenvalue weighted by Crippen LogP contribution is 2.20. The molecule has 23 heavy (non-hydrogen) atoms. The van der Waals surface area contributed by atoms with Gasteiger partial charge in [-0.25, -0.2) is 0 Å². The van der Waals surface area contributed by atoms with Crippen molar-refractivity contribution in [3.05, 3.63) is 54.4 Å². The minimum Gasteiger partial charge on any atom is -0.487 e. The van der Waals surface area contributed by atoms with E-state index in [4.69, 9.17) is 4.74 Å². The fourth-order valence-corrected chi connectivity index (χ4v) is 1.88. The number of hydrogen-bond donors (Lipinski definition) is 1. The molecule has 1 heterocycles. The van der Waals surface area contributed by atoms with E-state index in [1.54, 1.807) is 37.5 Å². The smallest absolute Gasteiger partial charge is 0.387 e. The molecule has 1 N–H and O–H groups in total. The lowest BCUT2D eigenvalue weighted by atomic mass is 10.2. The van der Waals surface area contributed by atoms with E-state index >= 15 is 0 Å². The van der Waals surface area contributed by atoms with E-state index in [9.17, 15) is 13.6 Å². The molecule has 0 spiro atoms. The van der Waals surface area contributed by atoms with E-state index in [-0.39, 0.29) is 24.0 Å². The number of ether oxygens (including phenoxy) is 2. The second-order valence-electron chi connectivity index (χ2n) is 4.70. The van der Waals surface area contributed by atoms with Crippen LogP contribution in [0.4, 0.5) is 8.78 Å². The van der Waals surface area contributed by atoms with Crippen molar-refractivity contribution in [2.24, 2.45) is 0 Å². The first kappa shape index (κ1) is 16.7. The number of para-hydroxylation sites is 1. The summed E-state index contributed by atoms with van der Waals surface area (Å²) >= 11 is 0. The van der Waals surface area contributed by atoms with E-state index in [1.807, 2.05) is 0 Å². The van der Waals surface area contributed by atoms with E-state index in [2.05, 4.69) is 15.0 Å². The molecule has 2 aromatic rings. The van der Waals surface area contributed by atoms with Gasteiger partial charge in [0, 0.05) is 6.20 Å². The number of carbonyl (C=O) groups excluding carboxylic acids is 1. The number of alkyl halides is 2. The molecule has 7 heteroatoms. The lowest BCUT2D eigenvalue weighted by Gasteiger charge is -2.16. The summed E-state index contributed by atoms with van der Waals surface area (Å²) in [6, 6.07) is 9.30. The number of rotatable bonds is 7. The Morgan fingerprint density at radius 1 is 1.22 bits per heavy atom. The van der Waals surface area contributed by atoms with Crippen LogP contribution < -0.4 is 14.8 Å². The maximum absolute atomic E-state index is 12.3. The molecule has 0 aliphatic heterocycles. The van der Waals surface area contributed by atoms with Crippen LogP contribution in [0.2, 0.25) is 0 Å². The van der Waals surface area contributed by atoms with Crippen LogP contribution in [-0.4, -0.2) is 30.2 Å². The Hall–Kier alpha value is -2.70. The van der Waals surface area contributed by atoms with Crippen molar-refractivity contribution in [1.82, 2.24) is 10.3 Å². The number of amides is 1. The van der Waals surface area contributed by atoms with Gasteiger partial charge in [-0.3, -0.25) is 9.78 Å². The van der Waals surface area contributed by atoms with Crippen LogP contribution in [-0.2, 0) is 0 Å². The van der Waals surface area contributed by atoms with Gasteiger partial charge < -0.3 is 14.8 Å². The van der Waals surface area contributed by atoms with Crippen molar-refractivity contribution in [3.8, 4) is 11.5 Å². The van der Waals surface area contributed by atoms with Gasteiger partial charge in [0.2, 0.25) is 0 Å². The third-order valence-corrected chi connectivity index (χ3v) is 2.87. The maximum Gasteiger partial charge on any atom is 0.387 e. The Labute approximate surface area is 132 Å². The van der Waals surface area contributed by atoms with Crippen LogP contribution >= 0.6 is 0 Å². The summed E-state index contributed by atoms with van der Waals surface area (Å²) in [4.78, 5) is 16.0. The van der Waals surface area contributed by atoms with Crippen LogP contribution in [0.25, 0.3) is 0 Å². The largest absolute Gasteiger partial charge is 0.487 e. The Morgan fingerprint density at radius 2 is 2.00 bits per heavy atom. The van der Waals surface area contributed by atoms with Gasteiger partial charge in [0.15, 0.2) is 0 Å². The molecule has 0 saturated carbocycles. The van der Waals surface area contributed by atoms with Crippen LogP contribution in [0.3, 0.4) is 0 Å². The highest BCUT2D eigenvalue weighted by molar-refractivity contribution is 5.96. The van der Waals surface area contributed by atoms with Crippen molar-refractivity contribution in [3.63, 3.8) is 0 Å². The Morgan fingerprint density at radius 3 is 2.70 bits per heavy atom. The molecule has 0 bridgehead atoms. The van der Waals surface area contributed by atoms with Crippen LogP contribution in [0, 0.1) is 0 Å². The molecule has 1 amide bonds. The Balaban J connectivity index is 1.92. The Kier molecular flexibility index (Phi) is 5.85. The molecule has 0 aliphatic rings. The van der Waals surface area contributed by atoms with Gasteiger partial charge in [-0.1, -0.05) is 12.1 Å². The van der Waals surface area contributed by atoms with E-state index < -0.39 is 12.5 Å². The van der Waals surface area contributed by atoms with Gasteiger partial charge in [0.05, 0.1) is 18.3 Å². The highest BCUT2D eigenvalue weighted by Gasteiger charge is 2.16. The monoisotopic (exact) mass is 322 g/mol. The lowest BCUT2D eigenvalue weighted by molar-refractivity contribution is -0.0501. The van der Waals surface area contributed by atoms with E-state index in [0.29, 0.717) is 5.75 Å². The minimum atomic E-state index is -2.99. The molecule has 0 aliphatic carbocycles. The second kappa shape index (κ2) is 8.07. The summed E-state index contributed by atoms with van der Waals surface area (Å²) in [5, 5.41) is 2.62. The van der Waals surface area contributed by atoms with Crippen molar-refractivity contribution >= 4 is 5.91 Å². The van der Waals surface area contributed by atoms with Crippen molar-refractivity contribution in [2.75, 3.05) is 6.54 Å². The summed E-state index contributed by atoms with van der Waals surface area (Å²) < 4.78 is 34.6. The van der Waals surface area contributed by atoms with Crippen LogP contribution in [0.15, 0.2) is 48.8 Å². The Bertz CT molecular complexity index is 638. The molecular weight excluding hydrogens is 306 g/mol. The van der Waals surface area contributed by atoms with Gasteiger partial charge in [-0.15, -0.1) is 0 Å². The maximum atomic E-state index is 12.3. The van der Waals surface area contributed by atoms with Crippen molar-refractivity contribution in [2.45, 2.75) is 19.6 Å². The van der Waals surface area contributed by atoms with Crippen LogP contribution in [0.1, 0.15) is 17.3 Å². The predicted octanol–water partition coefficient (Wildman–Crippen LogP) is 2.88. The van der Waals surface area contributed by atoms with Gasteiger partial charge in [-0.05, 0) is 31.2 Å². The number of benzene rings is 1. The molecule has 1 atom stereocenters. The number of carbonyl (C=O) groups is 1. The molecular formula is C16H16F2N2O3. The minimum absolute atomic E-state index is 0.0429. The third kappa shape index (κ3) is 5.21. The zero-order chi connectivity index (χ0) is 16.7. The first-order chi connectivity index (χ1) is 11.1. The summed E-state index contributed by atoms with van der Waals surface area (Å²) in [6.07, 6.45) is 2.87. The quantitative estimate of drug-likeness (QED) is 0.851. The lowest BCUT2D eigenvalue weighted by Crippen LogP contribution is -2.33. The van der Waals surface area contributed by atoms with Crippen LogP contribution in [0.5, 0.6) is 11.5 Å². The predicted molar refractivity (Wildman–Crippen MR) is 79.7 cm³/mol. The molecule has 1 aromatic heterocycles. The molecule has 122 valence electrons. The molecule has 0 fully saturated rings. The van der Waals surface area contributed by atoms with Gasteiger partial charge in [0.25, 0.3) is 5.91 Å². The molecule has 0 radical (unpaired) electrons. The highest BCUT2D eigenvalue weighted by atomic mass is 19.3. The average Bonchev–Trinajstić information content (AvgIpc) is 2.53. The number of hydrogen-bond acceptors (Lipinski definition) is 4. The summed E-state index contributed by atoms with van der Waals surface area (Å²) in [6.45, 7) is -1.01. The van der Waals surface area contributed by atoms with Gasteiger partial charge in [-0.2, -0.15) is 8.78 Å². The van der Waals surface area contributed by atoms with Crippen molar-refractivity contribution in [1.29, 1.82) is 0 Å². The summed E-state index contributed by atoms with van der Waals surface area (Å²) in [5.41, 5.74) is 0.0429. The van der Waals surface area contributed by atoms with E-state index in [0.717, 1.165) is 0 Å². The van der Waals surface area contributed by atoms with Gasteiger partial charge >= 0.3 is 6.61 Å². The molecule has 2 rings (SSSR count). The third-order valence-electron chi connectivity index (χ3n) is 2.87. The molecule has 0 saturated heterocycles. The number of nitrogens with one attached hydrogen (secondary N) is 1. The molecule has 0 unspecified atom stereocenters. The second-order valence-corrected chi connectivity index (χ2v) is 4.70. The average molecular weight is 322 g/mol. The normalized spacial score (nSPS) is 11.8. The standard InChI is InChI=1S/C16H16F2N2O3/c1-11(22-12-5-4-8-19-10-12)9-20-15(21)13-6-2-3-7-14(13)23-16(17)18/h2-8,10-11,16H,9H2,1H3,(H,20,21)/t11-/m0/s1. The first-order valence-electron chi connectivity index (χ1n) is 6.95. The molecule has 1 aromatic carbocycles.